The fourth-order valence-electron chi connectivity index (χ4n) is 2.75. The summed E-state index contributed by atoms with van der Waals surface area (Å²) in [7, 11) is 0. The van der Waals surface area contributed by atoms with E-state index in [9.17, 15) is 19.2 Å². The molecule has 0 spiro atoms. The Morgan fingerprint density at radius 2 is 1.68 bits per heavy atom. The molecule has 0 aliphatic heterocycles. The lowest BCUT2D eigenvalue weighted by molar-refractivity contribution is -0.124. The van der Waals surface area contributed by atoms with E-state index >= 15 is 0 Å². The van der Waals surface area contributed by atoms with Gasteiger partial charge in [0.25, 0.3) is 0 Å². The van der Waals surface area contributed by atoms with Crippen LogP contribution < -0.4 is 10.6 Å². The van der Waals surface area contributed by atoms with E-state index < -0.39 is 6.04 Å². The summed E-state index contributed by atoms with van der Waals surface area (Å²) in [6.07, 6.45) is 9.15. The summed E-state index contributed by atoms with van der Waals surface area (Å²) in [5.74, 6) is -0.264. The fraction of sp³-hybridized carbons (Fsp3) is 0.750. The average molecular weight is 310 g/mol. The molecular formula is C16H26N2O4. The third kappa shape index (κ3) is 7.45. The third-order valence-electron chi connectivity index (χ3n) is 4.01. The Morgan fingerprint density at radius 1 is 1.00 bits per heavy atom. The summed E-state index contributed by atoms with van der Waals surface area (Å²) >= 11 is 0. The second-order valence-corrected chi connectivity index (χ2v) is 5.84. The predicted molar refractivity (Wildman–Crippen MR) is 82.4 cm³/mol. The van der Waals surface area contributed by atoms with E-state index in [4.69, 9.17) is 0 Å². The largest absolute Gasteiger partial charge is 0.347 e. The average Bonchev–Trinajstić information content (AvgIpc) is 2.56. The van der Waals surface area contributed by atoms with Crippen molar-refractivity contribution in [2.24, 2.45) is 0 Å². The van der Waals surface area contributed by atoms with Crippen molar-refractivity contribution in [1.29, 1.82) is 0 Å². The Kier molecular flexibility index (Phi) is 9.30. The van der Waals surface area contributed by atoms with Crippen molar-refractivity contribution in [2.45, 2.75) is 75.9 Å². The molecule has 0 heterocycles. The van der Waals surface area contributed by atoms with Gasteiger partial charge in [-0.15, -0.1) is 0 Å². The quantitative estimate of drug-likeness (QED) is 0.554. The van der Waals surface area contributed by atoms with Gasteiger partial charge in [-0.3, -0.25) is 4.79 Å². The highest BCUT2D eigenvalue weighted by atomic mass is 16.2. The summed E-state index contributed by atoms with van der Waals surface area (Å²) in [5, 5.41) is 5.87. The van der Waals surface area contributed by atoms with Gasteiger partial charge in [0.05, 0.1) is 12.1 Å². The van der Waals surface area contributed by atoms with Gasteiger partial charge >= 0.3 is 0 Å². The van der Waals surface area contributed by atoms with E-state index in [0.29, 0.717) is 25.2 Å². The van der Waals surface area contributed by atoms with E-state index in [-0.39, 0.29) is 24.8 Å². The summed E-state index contributed by atoms with van der Waals surface area (Å²) in [5.41, 5.74) is 0. The monoisotopic (exact) mass is 310 g/mol. The third-order valence-corrected chi connectivity index (χ3v) is 4.01. The molecule has 2 N–H and O–H groups in total. The van der Waals surface area contributed by atoms with Gasteiger partial charge in [-0.2, -0.15) is 0 Å². The second-order valence-electron chi connectivity index (χ2n) is 5.84. The molecule has 1 fully saturated rings. The Balaban J connectivity index is 2.28. The van der Waals surface area contributed by atoms with Gasteiger partial charge in [0, 0.05) is 18.9 Å². The molecule has 2 atom stereocenters. The van der Waals surface area contributed by atoms with E-state index in [0.717, 1.165) is 25.4 Å². The summed E-state index contributed by atoms with van der Waals surface area (Å²) in [6, 6.07) is -0.584. The molecule has 1 aliphatic rings. The Morgan fingerprint density at radius 3 is 2.27 bits per heavy atom. The minimum Gasteiger partial charge on any atom is -0.347 e. The van der Waals surface area contributed by atoms with Crippen LogP contribution in [0.5, 0.6) is 0 Å². The Hall–Kier alpha value is -1.56. The van der Waals surface area contributed by atoms with Crippen molar-refractivity contribution in [3.63, 3.8) is 0 Å². The first kappa shape index (κ1) is 18.5. The van der Waals surface area contributed by atoms with E-state index in [2.05, 4.69) is 10.6 Å². The van der Waals surface area contributed by atoms with Crippen LogP contribution in [0.1, 0.15) is 57.8 Å². The van der Waals surface area contributed by atoms with Crippen LogP contribution in [-0.2, 0) is 19.2 Å². The van der Waals surface area contributed by atoms with Crippen LogP contribution in [0.4, 0.5) is 0 Å². The summed E-state index contributed by atoms with van der Waals surface area (Å²) < 4.78 is 0. The zero-order chi connectivity index (χ0) is 16.2. The SMILES string of the molecule is O=CCCC(C=O)NC(=O)CCC(C=O)NC1CCCCC1. The number of aldehydes is 3. The molecule has 0 aromatic rings. The number of nitrogens with one attached hydrogen (secondary N) is 2. The summed E-state index contributed by atoms with van der Waals surface area (Å²) in [4.78, 5) is 44.0. The summed E-state index contributed by atoms with van der Waals surface area (Å²) in [6.45, 7) is 0. The molecule has 1 amide bonds. The molecule has 0 aromatic carbocycles. The number of amides is 1. The fourth-order valence-corrected chi connectivity index (χ4v) is 2.75. The molecule has 0 bridgehead atoms. The topological polar surface area (TPSA) is 92.3 Å². The van der Waals surface area contributed by atoms with Crippen LogP contribution in [0, 0.1) is 0 Å². The first-order valence-electron chi connectivity index (χ1n) is 8.09. The van der Waals surface area contributed by atoms with Crippen LogP contribution in [0.3, 0.4) is 0 Å². The highest BCUT2D eigenvalue weighted by Crippen LogP contribution is 2.18. The van der Waals surface area contributed by atoms with Crippen LogP contribution >= 0.6 is 0 Å². The molecule has 1 aliphatic carbocycles. The lowest BCUT2D eigenvalue weighted by Gasteiger charge is -2.26. The van der Waals surface area contributed by atoms with Crippen LogP contribution in [0.2, 0.25) is 0 Å². The predicted octanol–water partition coefficient (Wildman–Crippen LogP) is 0.919. The standard InChI is InChI=1S/C16H26N2O4/c19-10-4-7-14(11-20)18-16(22)9-8-15(12-21)17-13-5-2-1-3-6-13/h10-15,17H,1-9H2,(H,18,22). The number of rotatable bonds is 11. The first-order valence-corrected chi connectivity index (χ1v) is 8.09. The van der Waals surface area contributed by atoms with Gasteiger partial charge in [-0.05, 0) is 25.7 Å². The first-order chi connectivity index (χ1) is 10.7. The maximum atomic E-state index is 11.8. The van der Waals surface area contributed by atoms with Gasteiger partial charge in [0.2, 0.25) is 5.91 Å². The molecule has 0 aromatic heterocycles. The highest BCUT2D eigenvalue weighted by Gasteiger charge is 2.19. The van der Waals surface area contributed by atoms with Crippen molar-refractivity contribution in [2.75, 3.05) is 0 Å². The zero-order valence-corrected chi connectivity index (χ0v) is 13.0. The van der Waals surface area contributed by atoms with E-state index in [1.165, 1.54) is 19.3 Å². The van der Waals surface area contributed by atoms with Crippen molar-refractivity contribution >= 4 is 24.8 Å². The van der Waals surface area contributed by atoms with Gasteiger partial charge in [-0.1, -0.05) is 19.3 Å². The lowest BCUT2D eigenvalue weighted by atomic mass is 9.94. The Bertz CT molecular complexity index is 367. The van der Waals surface area contributed by atoms with Crippen LogP contribution in [0.15, 0.2) is 0 Å². The lowest BCUT2D eigenvalue weighted by Crippen LogP contribution is -2.42. The molecule has 124 valence electrons. The van der Waals surface area contributed by atoms with Crippen molar-refractivity contribution in [3.8, 4) is 0 Å². The molecule has 22 heavy (non-hydrogen) atoms. The van der Waals surface area contributed by atoms with Gasteiger partial charge in [-0.25, -0.2) is 0 Å². The van der Waals surface area contributed by atoms with E-state index in [1.807, 2.05) is 0 Å². The molecule has 0 saturated heterocycles. The van der Waals surface area contributed by atoms with Gasteiger partial charge < -0.3 is 25.0 Å². The van der Waals surface area contributed by atoms with Crippen molar-refractivity contribution in [1.82, 2.24) is 10.6 Å². The van der Waals surface area contributed by atoms with Crippen LogP contribution in [0.25, 0.3) is 0 Å². The number of hydrogen-bond acceptors (Lipinski definition) is 5. The van der Waals surface area contributed by atoms with Crippen molar-refractivity contribution in [3.05, 3.63) is 0 Å². The number of carbonyl (C=O) groups excluding carboxylic acids is 4. The molecule has 2 unspecified atom stereocenters. The maximum Gasteiger partial charge on any atom is 0.220 e. The molecular weight excluding hydrogens is 284 g/mol. The zero-order valence-electron chi connectivity index (χ0n) is 13.0. The number of hydrogen-bond donors (Lipinski definition) is 2. The molecule has 6 nitrogen and oxygen atoms in total. The minimum absolute atomic E-state index is 0.189. The molecule has 6 heteroatoms. The van der Waals surface area contributed by atoms with Crippen molar-refractivity contribution < 1.29 is 19.2 Å². The second kappa shape index (κ2) is 11.1. The number of carbonyl (C=O) groups is 4. The van der Waals surface area contributed by atoms with Gasteiger partial charge in [0.15, 0.2) is 0 Å². The molecule has 0 radical (unpaired) electrons. The van der Waals surface area contributed by atoms with Crippen LogP contribution in [-0.4, -0.2) is 42.9 Å². The minimum atomic E-state index is -0.626. The smallest absolute Gasteiger partial charge is 0.220 e. The highest BCUT2D eigenvalue weighted by molar-refractivity contribution is 5.80. The molecule has 1 saturated carbocycles. The van der Waals surface area contributed by atoms with Gasteiger partial charge in [0.1, 0.15) is 18.9 Å². The van der Waals surface area contributed by atoms with E-state index in [1.54, 1.807) is 0 Å². The maximum absolute atomic E-state index is 11.8. The normalized spacial score (nSPS) is 18.2. The molecule has 1 rings (SSSR count). The Labute approximate surface area is 131 Å².